The SMILES string of the molecule is Cc1cccc(N2CCN(CCNC(=O)C3CCCN(c4nnc(N5CCCC5=O)s4)C3)CC2)c1C. The molecule has 4 heterocycles. The Kier molecular flexibility index (Phi) is 7.71. The zero-order valence-corrected chi connectivity index (χ0v) is 22.2. The first-order valence-corrected chi connectivity index (χ1v) is 14.0. The van der Waals surface area contributed by atoms with Gasteiger partial charge in [0.15, 0.2) is 0 Å². The zero-order chi connectivity index (χ0) is 25.1. The van der Waals surface area contributed by atoms with Gasteiger partial charge in [0, 0.05) is 71.0 Å². The Morgan fingerprint density at radius 2 is 1.83 bits per heavy atom. The predicted molar refractivity (Wildman–Crippen MR) is 144 cm³/mol. The fourth-order valence-electron chi connectivity index (χ4n) is 5.43. The van der Waals surface area contributed by atoms with Gasteiger partial charge in [-0.05, 0) is 50.3 Å². The highest BCUT2D eigenvalue weighted by molar-refractivity contribution is 7.19. The second-order valence-corrected chi connectivity index (χ2v) is 11.1. The molecule has 1 N–H and O–H groups in total. The van der Waals surface area contributed by atoms with E-state index in [0.717, 1.165) is 70.2 Å². The zero-order valence-electron chi connectivity index (χ0n) is 21.4. The molecule has 9 nitrogen and oxygen atoms in total. The second-order valence-electron chi connectivity index (χ2n) is 10.1. The van der Waals surface area contributed by atoms with Crippen LogP contribution in [-0.2, 0) is 9.59 Å². The Morgan fingerprint density at radius 1 is 1.03 bits per heavy atom. The van der Waals surface area contributed by atoms with E-state index in [1.807, 2.05) is 0 Å². The van der Waals surface area contributed by atoms with E-state index < -0.39 is 0 Å². The number of hydrogen-bond donors (Lipinski definition) is 1. The van der Waals surface area contributed by atoms with Crippen LogP contribution in [-0.4, -0.2) is 85.8 Å². The van der Waals surface area contributed by atoms with Crippen molar-refractivity contribution in [1.82, 2.24) is 20.4 Å². The Morgan fingerprint density at radius 3 is 2.61 bits per heavy atom. The number of hydrogen-bond acceptors (Lipinski definition) is 8. The van der Waals surface area contributed by atoms with Gasteiger partial charge in [-0.2, -0.15) is 0 Å². The van der Waals surface area contributed by atoms with Crippen LogP contribution in [0.5, 0.6) is 0 Å². The van der Waals surface area contributed by atoms with Gasteiger partial charge in [-0.25, -0.2) is 0 Å². The molecule has 2 aromatic rings. The molecule has 36 heavy (non-hydrogen) atoms. The summed E-state index contributed by atoms with van der Waals surface area (Å²) in [6, 6.07) is 6.54. The summed E-state index contributed by atoms with van der Waals surface area (Å²) in [6.07, 6.45) is 3.31. The summed E-state index contributed by atoms with van der Waals surface area (Å²) >= 11 is 1.46. The first kappa shape index (κ1) is 25.0. The van der Waals surface area contributed by atoms with Gasteiger partial charge >= 0.3 is 0 Å². The highest BCUT2D eigenvalue weighted by Gasteiger charge is 2.30. The fourth-order valence-corrected chi connectivity index (χ4v) is 6.36. The number of amides is 2. The molecule has 3 fully saturated rings. The third kappa shape index (κ3) is 5.49. The molecule has 3 saturated heterocycles. The Bertz CT molecular complexity index is 1080. The topological polar surface area (TPSA) is 84.9 Å². The van der Waals surface area contributed by atoms with Crippen molar-refractivity contribution in [2.24, 2.45) is 5.92 Å². The molecule has 1 unspecified atom stereocenters. The third-order valence-corrected chi connectivity index (χ3v) is 8.79. The van der Waals surface area contributed by atoms with Crippen LogP contribution in [0.2, 0.25) is 0 Å². The number of piperidine rings is 1. The Labute approximate surface area is 217 Å². The highest BCUT2D eigenvalue weighted by Crippen LogP contribution is 2.32. The maximum atomic E-state index is 12.9. The lowest BCUT2D eigenvalue weighted by atomic mass is 9.97. The average Bonchev–Trinajstić information content (AvgIpc) is 3.55. The van der Waals surface area contributed by atoms with Crippen LogP contribution in [0, 0.1) is 19.8 Å². The summed E-state index contributed by atoms with van der Waals surface area (Å²) in [5.41, 5.74) is 4.06. The van der Waals surface area contributed by atoms with Crippen molar-refractivity contribution in [2.45, 2.75) is 39.5 Å². The number of carbonyl (C=O) groups is 2. The number of aryl methyl sites for hydroxylation is 1. The number of nitrogens with zero attached hydrogens (tertiary/aromatic N) is 6. The molecule has 5 rings (SSSR count). The number of piperazine rings is 1. The molecule has 3 aliphatic heterocycles. The first-order chi connectivity index (χ1) is 17.5. The molecule has 0 bridgehead atoms. The van der Waals surface area contributed by atoms with Crippen LogP contribution >= 0.6 is 11.3 Å². The lowest BCUT2D eigenvalue weighted by Crippen LogP contribution is -2.49. The van der Waals surface area contributed by atoms with Crippen LogP contribution in [0.15, 0.2) is 18.2 Å². The van der Waals surface area contributed by atoms with Gasteiger partial charge in [-0.1, -0.05) is 23.5 Å². The maximum absolute atomic E-state index is 12.9. The average molecular weight is 512 g/mol. The van der Waals surface area contributed by atoms with E-state index in [2.05, 4.69) is 62.3 Å². The lowest BCUT2D eigenvalue weighted by Gasteiger charge is -2.37. The third-order valence-electron chi connectivity index (χ3n) is 7.79. The molecule has 1 aromatic heterocycles. The molecule has 10 heteroatoms. The highest BCUT2D eigenvalue weighted by atomic mass is 32.1. The Balaban J connectivity index is 1.06. The molecule has 1 atom stereocenters. The fraction of sp³-hybridized carbons (Fsp3) is 0.615. The van der Waals surface area contributed by atoms with Crippen LogP contribution in [0.1, 0.15) is 36.8 Å². The molecule has 1 aromatic carbocycles. The monoisotopic (exact) mass is 511 g/mol. The van der Waals surface area contributed by atoms with E-state index >= 15 is 0 Å². The van der Waals surface area contributed by atoms with Crippen molar-refractivity contribution in [1.29, 1.82) is 0 Å². The molecule has 194 valence electrons. The standard InChI is InChI=1S/C26H37N7O2S/c1-19-6-3-8-22(20(19)2)31-16-14-30(15-17-31)13-10-27-24(35)21-7-4-11-32(18-21)25-28-29-26(36-25)33-12-5-9-23(33)34/h3,6,8,21H,4-5,7,9-18H2,1-2H3,(H,27,35). The van der Waals surface area contributed by atoms with Crippen molar-refractivity contribution in [2.75, 3.05) is 73.6 Å². The van der Waals surface area contributed by atoms with E-state index in [1.54, 1.807) is 4.90 Å². The van der Waals surface area contributed by atoms with Gasteiger partial charge < -0.3 is 15.1 Å². The van der Waals surface area contributed by atoms with Gasteiger partial charge in [0.2, 0.25) is 22.1 Å². The minimum Gasteiger partial charge on any atom is -0.369 e. The molecular formula is C26H37N7O2S. The van der Waals surface area contributed by atoms with Crippen LogP contribution in [0.25, 0.3) is 0 Å². The van der Waals surface area contributed by atoms with Crippen molar-refractivity contribution in [3.05, 3.63) is 29.3 Å². The molecule has 0 saturated carbocycles. The summed E-state index contributed by atoms with van der Waals surface area (Å²) < 4.78 is 0. The van der Waals surface area contributed by atoms with Crippen molar-refractivity contribution >= 4 is 39.1 Å². The quantitative estimate of drug-likeness (QED) is 0.611. The minimum absolute atomic E-state index is 0.0411. The van der Waals surface area contributed by atoms with Crippen LogP contribution < -0.4 is 20.0 Å². The van der Waals surface area contributed by atoms with Gasteiger partial charge in [-0.3, -0.25) is 19.4 Å². The number of nitrogens with one attached hydrogen (secondary N) is 1. The molecule has 0 radical (unpaired) electrons. The normalized spacial score (nSPS) is 21.3. The molecule has 2 amide bonds. The van der Waals surface area contributed by atoms with Crippen molar-refractivity contribution in [3.8, 4) is 0 Å². The second kappa shape index (κ2) is 11.1. The minimum atomic E-state index is -0.0411. The Hall–Kier alpha value is -2.72. The molecular weight excluding hydrogens is 474 g/mol. The van der Waals surface area contributed by atoms with E-state index in [-0.39, 0.29) is 17.7 Å². The van der Waals surface area contributed by atoms with E-state index in [4.69, 9.17) is 0 Å². The first-order valence-electron chi connectivity index (χ1n) is 13.2. The summed E-state index contributed by atoms with van der Waals surface area (Å²) in [7, 11) is 0. The largest absolute Gasteiger partial charge is 0.369 e. The van der Waals surface area contributed by atoms with E-state index in [1.165, 1.54) is 28.2 Å². The number of anilines is 3. The summed E-state index contributed by atoms with van der Waals surface area (Å²) in [5.74, 6) is 0.217. The van der Waals surface area contributed by atoms with Gasteiger partial charge in [0.25, 0.3) is 0 Å². The number of carbonyl (C=O) groups excluding carboxylic acids is 2. The summed E-state index contributed by atoms with van der Waals surface area (Å²) in [4.78, 5) is 33.8. The maximum Gasteiger partial charge on any atom is 0.228 e. The number of benzene rings is 1. The van der Waals surface area contributed by atoms with Crippen molar-refractivity contribution in [3.63, 3.8) is 0 Å². The molecule has 0 aliphatic carbocycles. The van der Waals surface area contributed by atoms with Crippen LogP contribution in [0.4, 0.5) is 16.0 Å². The number of rotatable bonds is 7. The van der Waals surface area contributed by atoms with E-state index in [0.29, 0.717) is 24.6 Å². The molecule has 0 spiro atoms. The van der Waals surface area contributed by atoms with Crippen LogP contribution in [0.3, 0.4) is 0 Å². The smallest absolute Gasteiger partial charge is 0.228 e. The molecule has 3 aliphatic rings. The van der Waals surface area contributed by atoms with E-state index in [9.17, 15) is 9.59 Å². The van der Waals surface area contributed by atoms with Gasteiger partial charge in [0.1, 0.15) is 0 Å². The number of aromatic nitrogens is 2. The summed E-state index contributed by atoms with van der Waals surface area (Å²) in [6.45, 7) is 12.2. The lowest BCUT2D eigenvalue weighted by molar-refractivity contribution is -0.125. The summed E-state index contributed by atoms with van der Waals surface area (Å²) in [5, 5.41) is 13.3. The van der Waals surface area contributed by atoms with Gasteiger partial charge in [0.05, 0.1) is 5.92 Å². The van der Waals surface area contributed by atoms with Gasteiger partial charge in [-0.15, -0.1) is 10.2 Å². The van der Waals surface area contributed by atoms with Crippen molar-refractivity contribution < 1.29 is 9.59 Å². The predicted octanol–water partition coefficient (Wildman–Crippen LogP) is 2.44.